The molecule has 0 aliphatic carbocycles. The van der Waals surface area contributed by atoms with Gasteiger partial charge in [-0.1, -0.05) is 18.3 Å². The van der Waals surface area contributed by atoms with Crippen LogP contribution in [0.5, 0.6) is 0 Å². The third-order valence-corrected chi connectivity index (χ3v) is 4.73. The highest BCUT2D eigenvalue weighted by molar-refractivity contribution is 7.16. The number of Topliss-reactive ketones (excluding diaryl/α,β-unsaturated/α-hetero) is 1. The number of hydrogen-bond donors (Lipinski definition) is 3. The second kappa shape index (κ2) is 6.14. The molecule has 25 heavy (non-hydrogen) atoms. The molecular formula is C17H15N5O2S. The number of H-pyrrole nitrogens is 2. The first-order chi connectivity index (χ1) is 12.1. The minimum Gasteiger partial charge on any atom is -0.340 e. The summed E-state index contributed by atoms with van der Waals surface area (Å²) in [6.07, 6.45) is 2.74. The van der Waals surface area contributed by atoms with Gasteiger partial charge in [-0.25, -0.2) is 9.97 Å². The van der Waals surface area contributed by atoms with E-state index in [2.05, 4.69) is 25.3 Å². The van der Waals surface area contributed by atoms with Gasteiger partial charge in [0.15, 0.2) is 5.78 Å². The smallest absolute Gasteiger partial charge is 0.305 e. The van der Waals surface area contributed by atoms with Crippen LogP contribution in [0.1, 0.15) is 30.3 Å². The lowest BCUT2D eigenvalue weighted by atomic mass is 10.2. The summed E-state index contributed by atoms with van der Waals surface area (Å²) < 4.78 is 0.869. The number of aromatic nitrogens is 4. The van der Waals surface area contributed by atoms with Crippen LogP contribution in [-0.2, 0) is 0 Å². The van der Waals surface area contributed by atoms with Crippen LogP contribution in [0.4, 0.5) is 11.5 Å². The Kier molecular flexibility index (Phi) is 3.81. The third kappa shape index (κ3) is 2.91. The minimum absolute atomic E-state index is 0.0602. The average molecular weight is 353 g/mol. The van der Waals surface area contributed by atoms with Crippen molar-refractivity contribution in [2.45, 2.75) is 19.8 Å². The van der Waals surface area contributed by atoms with Crippen LogP contribution >= 0.6 is 11.3 Å². The van der Waals surface area contributed by atoms with Crippen LogP contribution < -0.4 is 10.2 Å². The summed E-state index contributed by atoms with van der Waals surface area (Å²) in [6.45, 7) is 1.97. The lowest BCUT2D eigenvalue weighted by Crippen LogP contribution is -1.97. The fraction of sp³-hybridized carbons (Fsp3) is 0.176. The normalized spacial score (nSPS) is 11.2. The number of carbonyl (C=O) groups is 1. The summed E-state index contributed by atoms with van der Waals surface area (Å²) in [5, 5.41) is 3.99. The Morgan fingerprint density at radius 3 is 2.96 bits per heavy atom. The van der Waals surface area contributed by atoms with Crippen molar-refractivity contribution in [1.29, 1.82) is 0 Å². The van der Waals surface area contributed by atoms with E-state index < -0.39 is 0 Å². The van der Waals surface area contributed by atoms with Gasteiger partial charge in [-0.2, -0.15) is 0 Å². The molecule has 4 rings (SSSR count). The van der Waals surface area contributed by atoms with E-state index in [1.54, 1.807) is 6.07 Å². The Balaban J connectivity index is 1.72. The Hall–Kier alpha value is -3.00. The van der Waals surface area contributed by atoms with Crippen molar-refractivity contribution in [2.24, 2.45) is 0 Å². The zero-order valence-corrected chi connectivity index (χ0v) is 14.2. The van der Waals surface area contributed by atoms with Crippen molar-refractivity contribution in [3.8, 4) is 0 Å². The highest BCUT2D eigenvalue weighted by Crippen LogP contribution is 2.26. The molecule has 0 amide bonds. The van der Waals surface area contributed by atoms with Gasteiger partial charge < -0.3 is 15.3 Å². The predicted molar refractivity (Wildman–Crippen MR) is 98.9 cm³/mol. The van der Waals surface area contributed by atoms with Crippen LogP contribution in [0.2, 0.25) is 0 Å². The molecule has 1 aromatic carbocycles. The molecule has 0 bridgehead atoms. The first-order valence-corrected chi connectivity index (χ1v) is 8.72. The second-order valence-electron chi connectivity index (χ2n) is 5.69. The second-order valence-corrected chi connectivity index (χ2v) is 6.71. The molecule has 0 saturated heterocycles. The molecule has 0 aliphatic rings. The molecule has 4 aromatic rings. The standard InChI is InChI=1S/C17H15N5O2S/c1-2-3-13(23)12-7-10-15(18-8-19-16(10)21-12)20-9-4-5-11-14(6-9)25-17(24)22-11/h4-8H,2-3H2,1H3,(H,22,24)(H2,18,19,20,21). The van der Waals surface area contributed by atoms with Gasteiger partial charge >= 0.3 is 4.87 Å². The number of nitrogens with zero attached hydrogens (tertiary/aromatic N) is 2. The summed E-state index contributed by atoms with van der Waals surface area (Å²) in [5.74, 6) is 0.670. The number of hydrogen-bond acceptors (Lipinski definition) is 6. The van der Waals surface area contributed by atoms with Crippen molar-refractivity contribution < 1.29 is 4.79 Å². The maximum Gasteiger partial charge on any atom is 0.305 e. The van der Waals surface area contributed by atoms with Crippen LogP contribution in [-0.4, -0.2) is 25.7 Å². The summed E-state index contributed by atoms with van der Waals surface area (Å²) in [6, 6.07) is 7.39. The lowest BCUT2D eigenvalue weighted by Gasteiger charge is -2.06. The number of thiazole rings is 1. The van der Waals surface area contributed by atoms with Crippen molar-refractivity contribution in [2.75, 3.05) is 5.32 Å². The molecule has 0 saturated carbocycles. The Bertz CT molecular complexity index is 1140. The molecule has 126 valence electrons. The number of nitrogens with one attached hydrogen (secondary N) is 3. The SMILES string of the molecule is CCCC(=O)c1cc2c(Nc3ccc4[nH]c(=O)sc4c3)ncnc2[nH]1. The van der Waals surface area contributed by atoms with E-state index in [1.165, 1.54) is 6.33 Å². The van der Waals surface area contributed by atoms with E-state index in [0.717, 1.165) is 39.0 Å². The minimum atomic E-state index is -0.0821. The number of anilines is 2. The number of aromatic amines is 2. The van der Waals surface area contributed by atoms with Gasteiger partial charge in [0.2, 0.25) is 0 Å². The molecule has 0 fully saturated rings. The van der Waals surface area contributed by atoms with E-state index in [0.29, 0.717) is 23.6 Å². The van der Waals surface area contributed by atoms with E-state index in [1.807, 2.05) is 25.1 Å². The Morgan fingerprint density at radius 2 is 2.12 bits per heavy atom. The molecular weight excluding hydrogens is 338 g/mol. The lowest BCUT2D eigenvalue weighted by molar-refractivity contribution is 0.0977. The molecule has 3 N–H and O–H groups in total. The van der Waals surface area contributed by atoms with E-state index >= 15 is 0 Å². The predicted octanol–water partition coefficient (Wildman–Crippen LogP) is 3.59. The molecule has 0 radical (unpaired) electrons. The zero-order chi connectivity index (χ0) is 17.4. The highest BCUT2D eigenvalue weighted by Gasteiger charge is 2.13. The van der Waals surface area contributed by atoms with Gasteiger partial charge in [-0.3, -0.25) is 9.59 Å². The Labute approximate surface area is 146 Å². The number of ketones is 1. The summed E-state index contributed by atoms with van der Waals surface area (Å²) in [4.78, 5) is 37.8. The number of fused-ring (bicyclic) bond motifs is 2. The summed E-state index contributed by atoms with van der Waals surface area (Å²) in [5.41, 5.74) is 2.77. The van der Waals surface area contributed by atoms with Crippen molar-refractivity contribution in [1.82, 2.24) is 19.9 Å². The molecule has 7 nitrogen and oxygen atoms in total. The van der Waals surface area contributed by atoms with Crippen molar-refractivity contribution in [3.05, 3.63) is 46.0 Å². The fourth-order valence-corrected chi connectivity index (χ4v) is 3.49. The van der Waals surface area contributed by atoms with Crippen molar-refractivity contribution >= 4 is 49.9 Å². The average Bonchev–Trinajstić information content (AvgIpc) is 3.18. The third-order valence-electron chi connectivity index (χ3n) is 3.89. The molecule has 0 atom stereocenters. The number of carbonyl (C=O) groups excluding carboxylic acids is 1. The summed E-state index contributed by atoms with van der Waals surface area (Å²) in [7, 11) is 0. The molecule has 8 heteroatoms. The van der Waals surface area contributed by atoms with Crippen LogP contribution in [0.3, 0.4) is 0 Å². The maximum absolute atomic E-state index is 12.1. The van der Waals surface area contributed by atoms with Gasteiger partial charge in [-0.05, 0) is 30.7 Å². The van der Waals surface area contributed by atoms with E-state index in [9.17, 15) is 9.59 Å². The Morgan fingerprint density at radius 1 is 1.24 bits per heavy atom. The van der Waals surface area contributed by atoms with Gasteiger partial charge in [-0.15, -0.1) is 0 Å². The van der Waals surface area contributed by atoms with E-state index in [-0.39, 0.29) is 10.7 Å². The van der Waals surface area contributed by atoms with Crippen molar-refractivity contribution in [3.63, 3.8) is 0 Å². The molecule has 0 unspecified atom stereocenters. The van der Waals surface area contributed by atoms with Gasteiger partial charge in [0.25, 0.3) is 0 Å². The first kappa shape index (κ1) is 15.5. The van der Waals surface area contributed by atoms with Gasteiger partial charge in [0.1, 0.15) is 17.8 Å². The van der Waals surface area contributed by atoms with Gasteiger partial charge in [0.05, 0.1) is 21.3 Å². The largest absolute Gasteiger partial charge is 0.340 e. The molecule has 3 aromatic heterocycles. The molecule has 0 aliphatic heterocycles. The van der Waals surface area contributed by atoms with Crippen LogP contribution in [0, 0.1) is 0 Å². The van der Waals surface area contributed by atoms with Gasteiger partial charge in [0, 0.05) is 12.1 Å². The quantitative estimate of drug-likeness (QED) is 0.476. The van der Waals surface area contributed by atoms with E-state index in [4.69, 9.17) is 0 Å². The zero-order valence-electron chi connectivity index (χ0n) is 13.4. The molecule has 0 spiro atoms. The highest BCUT2D eigenvalue weighted by atomic mass is 32.1. The maximum atomic E-state index is 12.1. The molecule has 3 heterocycles. The monoisotopic (exact) mass is 353 g/mol. The fourth-order valence-electron chi connectivity index (χ4n) is 2.71. The van der Waals surface area contributed by atoms with Crippen LogP contribution in [0.25, 0.3) is 21.3 Å². The topological polar surface area (TPSA) is 104 Å². The first-order valence-electron chi connectivity index (χ1n) is 7.91. The summed E-state index contributed by atoms with van der Waals surface area (Å²) >= 11 is 1.16. The number of rotatable bonds is 5. The van der Waals surface area contributed by atoms with Crippen LogP contribution in [0.15, 0.2) is 35.4 Å². The number of benzene rings is 1.